The number of anilines is 2. The Morgan fingerprint density at radius 2 is 1.20 bits per heavy atom. The number of urea groups is 1. The second-order valence-corrected chi connectivity index (χ2v) is 5.78. The van der Waals surface area contributed by atoms with Crippen molar-refractivity contribution in [3.8, 4) is 5.75 Å². The monoisotopic (exact) mass is 328 g/mol. The summed E-state index contributed by atoms with van der Waals surface area (Å²) in [6.45, 7) is 0. The summed E-state index contributed by atoms with van der Waals surface area (Å²) < 4.78 is 0. The molecule has 2 amide bonds. The molecule has 0 aliphatic heterocycles. The molecule has 0 saturated heterocycles. The number of rotatable bonds is 2. The fourth-order valence-corrected chi connectivity index (χ4v) is 3.01. The first kappa shape index (κ1) is 15.0. The lowest BCUT2D eigenvalue weighted by Crippen LogP contribution is -2.19. The predicted molar refractivity (Wildman–Crippen MR) is 102 cm³/mol. The molecule has 25 heavy (non-hydrogen) atoms. The van der Waals surface area contributed by atoms with Crippen LogP contribution in [0.3, 0.4) is 0 Å². The fourth-order valence-electron chi connectivity index (χ4n) is 3.01. The molecule has 4 heteroatoms. The van der Waals surface area contributed by atoms with E-state index in [-0.39, 0.29) is 11.8 Å². The van der Waals surface area contributed by atoms with E-state index in [1.807, 2.05) is 60.7 Å². The van der Waals surface area contributed by atoms with Crippen LogP contribution in [0.25, 0.3) is 21.5 Å². The number of amides is 2. The molecule has 4 aromatic rings. The van der Waals surface area contributed by atoms with E-state index in [2.05, 4.69) is 10.6 Å². The van der Waals surface area contributed by atoms with Crippen LogP contribution in [0.2, 0.25) is 0 Å². The summed E-state index contributed by atoms with van der Waals surface area (Å²) in [6.07, 6.45) is 0. The fraction of sp³-hybridized carbons (Fsp3) is 0. The van der Waals surface area contributed by atoms with Gasteiger partial charge in [0, 0.05) is 16.2 Å². The Labute approximate surface area is 144 Å². The largest absolute Gasteiger partial charge is 0.507 e. The number of carbonyl (C=O) groups is 1. The van der Waals surface area contributed by atoms with Crippen molar-refractivity contribution >= 4 is 39.0 Å². The van der Waals surface area contributed by atoms with E-state index < -0.39 is 0 Å². The van der Waals surface area contributed by atoms with E-state index in [9.17, 15) is 9.90 Å². The summed E-state index contributed by atoms with van der Waals surface area (Å²) >= 11 is 0. The van der Waals surface area contributed by atoms with E-state index in [4.69, 9.17) is 0 Å². The molecule has 4 rings (SSSR count). The lowest BCUT2D eigenvalue weighted by molar-refractivity contribution is 0.262. The molecule has 0 radical (unpaired) electrons. The number of hydrogen-bond acceptors (Lipinski definition) is 2. The van der Waals surface area contributed by atoms with Crippen molar-refractivity contribution in [2.75, 3.05) is 10.6 Å². The van der Waals surface area contributed by atoms with Crippen molar-refractivity contribution in [1.29, 1.82) is 0 Å². The summed E-state index contributed by atoms with van der Waals surface area (Å²) in [4.78, 5) is 12.5. The van der Waals surface area contributed by atoms with Gasteiger partial charge in [0.1, 0.15) is 5.75 Å². The Balaban J connectivity index is 1.64. The third kappa shape index (κ3) is 2.85. The third-order valence-corrected chi connectivity index (χ3v) is 4.19. The maximum Gasteiger partial charge on any atom is 0.323 e. The van der Waals surface area contributed by atoms with Crippen LogP contribution >= 0.6 is 0 Å². The van der Waals surface area contributed by atoms with E-state index in [1.165, 1.54) is 0 Å². The van der Waals surface area contributed by atoms with E-state index in [0.29, 0.717) is 11.1 Å². The zero-order valence-corrected chi connectivity index (χ0v) is 13.4. The lowest BCUT2D eigenvalue weighted by atomic mass is 10.1. The van der Waals surface area contributed by atoms with Crippen molar-refractivity contribution in [1.82, 2.24) is 0 Å². The van der Waals surface area contributed by atoms with Crippen molar-refractivity contribution in [2.45, 2.75) is 0 Å². The molecule has 0 spiro atoms. The maximum atomic E-state index is 12.5. The molecule has 0 bridgehead atoms. The number of aromatic hydroxyl groups is 1. The van der Waals surface area contributed by atoms with Crippen LogP contribution < -0.4 is 10.6 Å². The Morgan fingerprint density at radius 3 is 2.04 bits per heavy atom. The van der Waals surface area contributed by atoms with Gasteiger partial charge in [0.15, 0.2) is 0 Å². The summed E-state index contributed by atoms with van der Waals surface area (Å²) in [7, 11) is 0. The van der Waals surface area contributed by atoms with E-state index in [1.54, 1.807) is 18.2 Å². The van der Waals surface area contributed by atoms with E-state index >= 15 is 0 Å². The van der Waals surface area contributed by atoms with Crippen LogP contribution in [0.5, 0.6) is 5.75 Å². The zero-order valence-electron chi connectivity index (χ0n) is 13.4. The third-order valence-electron chi connectivity index (χ3n) is 4.19. The molecule has 0 aliphatic rings. The highest BCUT2D eigenvalue weighted by Crippen LogP contribution is 2.30. The number of benzene rings is 4. The highest BCUT2D eigenvalue weighted by molar-refractivity contribution is 6.10. The minimum absolute atomic E-state index is 0.190. The van der Waals surface area contributed by atoms with Gasteiger partial charge >= 0.3 is 6.03 Å². The van der Waals surface area contributed by atoms with Gasteiger partial charge in [-0.05, 0) is 23.6 Å². The van der Waals surface area contributed by atoms with Crippen molar-refractivity contribution in [3.05, 3.63) is 78.9 Å². The van der Waals surface area contributed by atoms with Crippen molar-refractivity contribution < 1.29 is 9.90 Å². The molecule has 122 valence electrons. The predicted octanol–water partition coefficient (Wildman–Crippen LogP) is 5.34. The van der Waals surface area contributed by atoms with Gasteiger partial charge < -0.3 is 15.7 Å². The molecule has 0 unspecified atom stereocenters. The summed E-state index contributed by atoms with van der Waals surface area (Å²) in [5.41, 5.74) is 1.39. The molecule has 3 N–H and O–H groups in total. The highest BCUT2D eigenvalue weighted by atomic mass is 16.3. The Morgan fingerprint density at radius 1 is 0.640 bits per heavy atom. The summed E-state index contributed by atoms with van der Waals surface area (Å²) in [5, 5.41) is 19.3. The van der Waals surface area contributed by atoms with Crippen LogP contribution in [0.4, 0.5) is 16.2 Å². The van der Waals surface area contributed by atoms with Crippen LogP contribution in [0, 0.1) is 0 Å². The first-order valence-electron chi connectivity index (χ1n) is 7.99. The Bertz CT molecular complexity index is 1080. The molecule has 0 atom stereocenters. The number of phenolic OH excluding ortho intramolecular Hbond substituents is 1. The first-order valence-corrected chi connectivity index (χ1v) is 7.99. The highest BCUT2D eigenvalue weighted by Gasteiger charge is 2.09. The van der Waals surface area contributed by atoms with Gasteiger partial charge in [-0.2, -0.15) is 0 Å². The van der Waals surface area contributed by atoms with Crippen molar-refractivity contribution in [2.24, 2.45) is 0 Å². The quantitative estimate of drug-likeness (QED) is 0.465. The normalized spacial score (nSPS) is 10.7. The molecular formula is C21H16N2O2. The van der Waals surface area contributed by atoms with Gasteiger partial charge in [-0.1, -0.05) is 60.7 Å². The molecule has 0 saturated carbocycles. The smallest absolute Gasteiger partial charge is 0.323 e. The number of phenols is 1. The first-order chi connectivity index (χ1) is 12.2. The summed E-state index contributed by atoms with van der Waals surface area (Å²) in [6, 6.07) is 24.0. The van der Waals surface area contributed by atoms with Gasteiger partial charge in [0.05, 0.1) is 11.4 Å². The summed E-state index contributed by atoms with van der Waals surface area (Å²) in [5.74, 6) is 0.190. The molecular weight excluding hydrogens is 312 g/mol. The van der Waals surface area contributed by atoms with Crippen LogP contribution in [-0.2, 0) is 0 Å². The Kier molecular flexibility index (Phi) is 3.71. The van der Waals surface area contributed by atoms with Gasteiger partial charge in [0.25, 0.3) is 0 Å². The zero-order chi connectivity index (χ0) is 17.2. The lowest BCUT2D eigenvalue weighted by Gasteiger charge is -2.12. The topological polar surface area (TPSA) is 61.4 Å². The molecule has 0 heterocycles. The molecule has 0 fully saturated rings. The SMILES string of the molecule is O=C(Nc1cccc2ccccc12)Nc1cccc2c(O)cccc12. The second kappa shape index (κ2) is 6.17. The molecule has 0 aromatic heterocycles. The van der Waals surface area contributed by atoms with Crippen LogP contribution in [0.1, 0.15) is 0 Å². The standard InChI is InChI=1S/C21H16N2O2/c24-20-13-5-9-16-17(20)10-4-12-19(16)23-21(25)22-18-11-3-7-14-6-1-2-8-15(14)18/h1-13,24H,(H2,22,23,25). The minimum Gasteiger partial charge on any atom is -0.507 e. The van der Waals surface area contributed by atoms with Crippen LogP contribution in [-0.4, -0.2) is 11.1 Å². The maximum absolute atomic E-state index is 12.5. The average molecular weight is 328 g/mol. The number of hydrogen-bond donors (Lipinski definition) is 3. The van der Waals surface area contributed by atoms with Crippen molar-refractivity contribution in [3.63, 3.8) is 0 Å². The molecule has 4 nitrogen and oxygen atoms in total. The van der Waals surface area contributed by atoms with Gasteiger partial charge in [-0.3, -0.25) is 0 Å². The molecule has 4 aromatic carbocycles. The number of fused-ring (bicyclic) bond motifs is 2. The minimum atomic E-state index is -0.327. The van der Waals surface area contributed by atoms with E-state index in [0.717, 1.165) is 21.8 Å². The second-order valence-electron chi connectivity index (χ2n) is 5.78. The molecule has 0 aliphatic carbocycles. The average Bonchev–Trinajstić information content (AvgIpc) is 2.63. The number of nitrogens with one attached hydrogen (secondary N) is 2. The van der Waals surface area contributed by atoms with Gasteiger partial charge in [-0.25, -0.2) is 4.79 Å². The number of carbonyl (C=O) groups excluding carboxylic acids is 1. The Hall–Kier alpha value is -3.53. The van der Waals surface area contributed by atoms with Gasteiger partial charge in [-0.15, -0.1) is 0 Å². The van der Waals surface area contributed by atoms with Gasteiger partial charge in [0.2, 0.25) is 0 Å². The van der Waals surface area contributed by atoms with Crippen LogP contribution in [0.15, 0.2) is 78.9 Å².